The third kappa shape index (κ3) is 4.43. The van der Waals surface area contributed by atoms with E-state index in [1.165, 1.54) is 6.07 Å². The normalized spacial score (nSPS) is 11.5. The number of nitrogens with one attached hydrogen (secondary N) is 2. The maximum Gasteiger partial charge on any atom is 0.414 e. The summed E-state index contributed by atoms with van der Waals surface area (Å²) in [5.41, 5.74) is 0.592. The van der Waals surface area contributed by atoms with Crippen LogP contribution in [0, 0.1) is 0 Å². The molecule has 2 N–H and O–H groups in total. The lowest BCUT2D eigenvalue weighted by Gasteiger charge is -2.09. The molecule has 2 aromatic heterocycles. The summed E-state index contributed by atoms with van der Waals surface area (Å²) in [6.07, 6.45) is -1.29. The second-order valence-corrected chi connectivity index (χ2v) is 9.43. The van der Waals surface area contributed by atoms with Crippen LogP contribution in [-0.4, -0.2) is 31.5 Å². The monoisotopic (exact) mass is 425 g/mol. The van der Waals surface area contributed by atoms with Crippen molar-refractivity contribution in [3.63, 3.8) is 0 Å². The first-order chi connectivity index (χ1) is 12.8. The van der Waals surface area contributed by atoms with E-state index in [1.54, 1.807) is 43.5 Å². The number of imide groups is 1. The van der Waals surface area contributed by atoms with Gasteiger partial charge in [-0.25, -0.2) is 9.78 Å². The maximum absolute atomic E-state index is 12.6. The molecule has 0 fully saturated rings. The molecule has 0 atom stereocenters. The molecule has 3 rings (SSSR count). The third-order valence-electron chi connectivity index (χ3n) is 3.20. The van der Waals surface area contributed by atoms with Crippen molar-refractivity contribution >= 4 is 59.9 Å². The fourth-order valence-electron chi connectivity index (χ4n) is 2.10. The van der Waals surface area contributed by atoms with E-state index in [9.17, 15) is 18.0 Å². The van der Waals surface area contributed by atoms with Crippen LogP contribution in [0.3, 0.4) is 0 Å². The highest BCUT2D eigenvalue weighted by molar-refractivity contribution is 7.94. The Morgan fingerprint density at radius 1 is 1.19 bits per heavy atom. The van der Waals surface area contributed by atoms with E-state index in [2.05, 4.69) is 15.0 Å². The molecule has 8 nitrogen and oxygen atoms in total. The van der Waals surface area contributed by atoms with Gasteiger partial charge in [0, 0.05) is 0 Å². The Morgan fingerprint density at radius 2 is 1.93 bits per heavy atom. The number of amides is 2. The fraction of sp³-hybridized carbons (Fsp3) is 0.188. The predicted molar refractivity (Wildman–Crippen MR) is 104 cm³/mol. The Hall–Kier alpha value is -2.50. The van der Waals surface area contributed by atoms with Gasteiger partial charge in [-0.3, -0.25) is 14.8 Å². The van der Waals surface area contributed by atoms with Crippen molar-refractivity contribution in [1.29, 1.82) is 0 Å². The zero-order valence-corrected chi connectivity index (χ0v) is 16.7. The van der Waals surface area contributed by atoms with E-state index >= 15 is 0 Å². The number of ether oxygens (including phenoxy) is 1. The number of benzene rings is 1. The first-order valence-corrected chi connectivity index (χ1v) is 10.9. The fourth-order valence-corrected chi connectivity index (χ4v) is 5.44. The smallest absolute Gasteiger partial charge is 0.414 e. The summed E-state index contributed by atoms with van der Waals surface area (Å²) in [4.78, 5) is 27.9. The van der Waals surface area contributed by atoms with Crippen molar-refractivity contribution in [3.8, 4) is 0 Å². The van der Waals surface area contributed by atoms with E-state index in [1.807, 2.05) is 0 Å². The summed E-state index contributed by atoms with van der Waals surface area (Å²) in [5.74, 6) is -0.760. The largest absolute Gasteiger partial charge is 0.447 e. The lowest BCUT2D eigenvalue weighted by Crippen LogP contribution is -2.32. The van der Waals surface area contributed by atoms with Gasteiger partial charge in [0.2, 0.25) is 4.34 Å². The van der Waals surface area contributed by atoms with Crippen LogP contribution in [0.15, 0.2) is 40.1 Å². The summed E-state index contributed by atoms with van der Waals surface area (Å²) in [7, 11) is -3.98. The number of aromatic nitrogens is 1. The van der Waals surface area contributed by atoms with Gasteiger partial charge in [0.15, 0.2) is 0 Å². The molecule has 3 aromatic rings. The molecule has 11 heteroatoms. The topological polar surface area (TPSA) is 114 Å². The van der Waals surface area contributed by atoms with E-state index in [-0.39, 0.29) is 14.9 Å². The Kier molecular flexibility index (Phi) is 5.44. The molecule has 2 amide bonds. The van der Waals surface area contributed by atoms with Gasteiger partial charge in [0.05, 0.1) is 21.9 Å². The van der Waals surface area contributed by atoms with E-state index in [0.29, 0.717) is 5.52 Å². The van der Waals surface area contributed by atoms with E-state index in [4.69, 9.17) is 4.74 Å². The van der Waals surface area contributed by atoms with Crippen LogP contribution in [0.2, 0.25) is 0 Å². The summed E-state index contributed by atoms with van der Waals surface area (Å²) >= 11 is 2.05. The second kappa shape index (κ2) is 7.62. The number of carbonyl (C=O) groups excluding carboxylic acids is 2. The van der Waals surface area contributed by atoms with Crippen LogP contribution >= 0.6 is 22.7 Å². The molecule has 0 saturated heterocycles. The SMILES string of the molecule is CC(C)OC(=O)NC(=O)c1ccsc1NS(=O)(=O)c1nc2ccccc2s1. The molecule has 1 aromatic carbocycles. The number of thiazole rings is 1. The van der Waals surface area contributed by atoms with Crippen molar-refractivity contribution in [2.24, 2.45) is 0 Å². The number of thiophene rings is 1. The first-order valence-electron chi connectivity index (χ1n) is 7.74. The lowest BCUT2D eigenvalue weighted by atomic mass is 10.3. The zero-order chi connectivity index (χ0) is 19.6. The number of hydrogen-bond donors (Lipinski definition) is 2. The molecule has 0 aliphatic carbocycles. The van der Waals surface area contributed by atoms with E-state index in [0.717, 1.165) is 27.4 Å². The standard InChI is InChI=1S/C16H15N3O5S3/c1-9(2)24-15(21)18-13(20)10-7-8-25-14(10)19-27(22,23)16-17-11-5-3-4-6-12(11)26-16/h3-9,19H,1-2H3,(H,18,20,21). The Labute approximate surface area is 163 Å². The predicted octanol–water partition coefficient (Wildman–Crippen LogP) is 3.43. The third-order valence-corrected chi connectivity index (χ3v) is 6.92. The minimum atomic E-state index is -3.98. The van der Waals surface area contributed by atoms with Crippen molar-refractivity contribution in [1.82, 2.24) is 10.3 Å². The quantitative estimate of drug-likeness (QED) is 0.647. The summed E-state index contributed by atoms with van der Waals surface area (Å²) in [6.45, 7) is 3.29. The number of anilines is 1. The average molecular weight is 426 g/mol. The van der Waals surface area contributed by atoms with Gasteiger partial charge in [0.1, 0.15) is 5.00 Å². The summed E-state index contributed by atoms with van der Waals surface area (Å²) in [5, 5.41) is 3.69. The Bertz CT molecular complexity index is 1070. The number of hydrogen-bond acceptors (Lipinski definition) is 8. The molecule has 0 saturated carbocycles. The molecular formula is C16H15N3O5S3. The molecule has 142 valence electrons. The maximum atomic E-state index is 12.6. The molecule has 2 heterocycles. The number of sulfonamides is 1. The zero-order valence-electron chi connectivity index (χ0n) is 14.3. The van der Waals surface area contributed by atoms with Crippen LogP contribution in [0.4, 0.5) is 9.80 Å². The molecular weight excluding hydrogens is 410 g/mol. The van der Waals surface area contributed by atoms with Gasteiger partial charge in [-0.2, -0.15) is 8.42 Å². The second-order valence-electron chi connectivity index (χ2n) is 5.62. The van der Waals surface area contributed by atoms with Crippen LogP contribution in [0.5, 0.6) is 0 Å². The van der Waals surface area contributed by atoms with Gasteiger partial charge in [-0.15, -0.1) is 22.7 Å². The minimum Gasteiger partial charge on any atom is -0.447 e. The molecule has 0 spiro atoms. The van der Waals surface area contributed by atoms with Crippen LogP contribution < -0.4 is 10.0 Å². The number of carbonyl (C=O) groups is 2. The van der Waals surface area contributed by atoms with Crippen molar-refractivity contribution < 1.29 is 22.7 Å². The highest BCUT2D eigenvalue weighted by atomic mass is 32.2. The highest BCUT2D eigenvalue weighted by Crippen LogP contribution is 2.30. The van der Waals surface area contributed by atoms with Crippen LogP contribution in [-0.2, 0) is 14.8 Å². The first kappa shape index (κ1) is 19.3. The van der Waals surface area contributed by atoms with Crippen LogP contribution in [0.25, 0.3) is 10.2 Å². The number of alkyl carbamates (subject to hydrolysis) is 1. The number of para-hydroxylation sites is 1. The summed E-state index contributed by atoms with van der Waals surface area (Å²) < 4.78 is 33.1. The molecule has 0 radical (unpaired) electrons. The van der Waals surface area contributed by atoms with Crippen molar-refractivity contribution in [2.75, 3.05) is 4.72 Å². The molecule has 0 aliphatic heterocycles. The van der Waals surface area contributed by atoms with Gasteiger partial charge in [-0.1, -0.05) is 12.1 Å². The Balaban J connectivity index is 1.81. The van der Waals surface area contributed by atoms with Gasteiger partial charge in [-0.05, 0) is 37.4 Å². The van der Waals surface area contributed by atoms with Crippen LogP contribution in [0.1, 0.15) is 24.2 Å². The van der Waals surface area contributed by atoms with Gasteiger partial charge < -0.3 is 4.74 Å². The van der Waals surface area contributed by atoms with Crippen molar-refractivity contribution in [3.05, 3.63) is 41.3 Å². The number of fused-ring (bicyclic) bond motifs is 1. The van der Waals surface area contributed by atoms with E-state index < -0.39 is 28.1 Å². The highest BCUT2D eigenvalue weighted by Gasteiger charge is 2.24. The lowest BCUT2D eigenvalue weighted by molar-refractivity contribution is 0.0877. The number of rotatable bonds is 5. The van der Waals surface area contributed by atoms with Crippen molar-refractivity contribution in [2.45, 2.75) is 24.3 Å². The Morgan fingerprint density at radius 3 is 2.63 bits per heavy atom. The van der Waals surface area contributed by atoms with Gasteiger partial charge >= 0.3 is 6.09 Å². The molecule has 0 unspecified atom stereocenters. The molecule has 0 aliphatic rings. The minimum absolute atomic E-state index is 0.0189. The average Bonchev–Trinajstić information content (AvgIpc) is 3.20. The summed E-state index contributed by atoms with van der Waals surface area (Å²) in [6, 6.07) is 8.47. The molecule has 0 bridgehead atoms. The van der Waals surface area contributed by atoms with Gasteiger partial charge in [0.25, 0.3) is 15.9 Å². The number of nitrogens with zero attached hydrogens (tertiary/aromatic N) is 1. The molecule has 27 heavy (non-hydrogen) atoms.